The Morgan fingerprint density at radius 3 is 2.34 bits per heavy atom. The number of nitrogens with one attached hydrogen (secondary N) is 3. The summed E-state index contributed by atoms with van der Waals surface area (Å²) >= 11 is 13.4. The van der Waals surface area contributed by atoms with Crippen LogP contribution in [-0.4, -0.2) is 42.1 Å². The molecule has 0 unspecified atom stereocenters. The van der Waals surface area contributed by atoms with Gasteiger partial charge in [0.25, 0.3) is 5.56 Å². The summed E-state index contributed by atoms with van der Waals surface area (Å²) in [5, 5.41) is 9.72. The van der Waals surface area contributed by atoms with Crippen molar-refractivity contribution in [3.05, 3.63) is 93.9 Å². The number of pyridine rings is 2. The zero-order valence-corrected chi connectivity index (χ0v) is 25.9. The van der Waals surface area contributed by atoms with E-state index in [0.29, 0.717) is 41.1 Å². The molecule has 0 aliphatic carbocycles. The normalized spacial score (nSPS) is 10.7. The molecule has 0 saturated carbocycles. The monoisotopic (exact) mass is 635 g/mol. The number of aryl methyl sites for hydroxylation is 2. The number of carbonyl (C=O) groups excluding carboxylic acids is 2. The summed E-state index contributed by atoms with van der Waals surface area (Å²) in [5.74, 6) is 0.335. The summed E-state index contributed by atoms with van der Waals surface area (Å²) in [7, 11) is 2.91. The number of nitrogens with zero attached hydrogens (tertiary/aromatic N) is 2. The minimum Gasteiger partial charge on any atom is -0.495 e. The summed E-state index contributed by atoms with van der Waals surface area (Å²) < 4.78 is 12.4. The van der Waals surface area contributed by atoms with Gasteiger partial charge in [0.05, 0.1) is 46.7 Å². The van der Waals surface area contributed by atoms with Gasteiger partial charge in [-0.1, -0.05) is 48.5 Å². The van der Waals surface area contributed by atoms with Crippen LogP contribution in [0.1, 0.15) is 12.0 Å². The minimum atomic E-state index is -0.376. The topological polar surface area (TPSA) is 124 Å². The number of hydrogen-bond donors (Lipinski definition) is 3. The van der Waals surface area contributed by atoms with Crippen LogP contribution in [0, 0.1) is 6.92 Å². The Balaban J connectivity index is 1.88. The smallest absolute Gasteiger partial charge is 0.259 e. The lowest BCUT2D eigenvalue weighted by Crippen LogP contribution is -2.27. The number of ether oxygens (including phenoxy) is 2. The van der Waals surface area contributed by atoms with Crippen molar-refractivity contribution in [3.8, 4) is 22.6 Å². The Morgan fingerprint density at radius 2 is 1.70 bits per heavy atom. The second kappa shape index (κ2) is 14.1. The van der Waals surface area contributed by atoms with Crippen LogP contribution in [0.4, 0.5) is 17.2 Å². The molecule has 3 N–H and O–H groups in total. The van der Waals surface area contributed by atoms with Gasteiger partial charge in [-0.3, -0.25) is 14.4 Å². The zero-order valence-electron chi connectivity index (χ0n) is 24.4. The number of carbonyl (C=O) groups is 2. The molecule has 12 heteroatoms. The lowest BCUT2D eigenvalue weighted by Gasteiger charge is -2.18. The van der Waals surface area contributed by atoms with E-state index >= 15 is 0 Å². The number of hydrogen-bond acceptors (Lipinski definition) is 7. The first kappa shape index (κ1) is 32.1. The standard InChI is InChI=1S/C32H31Cl2N5O5/c1-6-26(40)35-12-9-13-39-22-15-25(38-31-18(3)10-8-11-21(31)37-27(41)7-2)36-17-19(22)14-20(32(39)42)28-29(33)23(43-4)16-24(44-5)30(28)34/h6-8,10-11,14-17H,1-2,9,12-13H2,3-5H3,(H,35,40)(H,36,38)(H,37,41). The number of para-hydroxylation sites is 1. The maximum atomic E-state index is 14.2. The summed E-state index contributed by atoms with van der Waals surface area (Å²) in [4.78, 5) is 42.5. The van der Waals surface area contributed by atoms with Crippen LogP contribution in [0.5, 0.6) is 11.5 Å². The highest BCUT2D eigenvalue weighted by Gasteiger charge is 2.23. The van der Waals surface area contributed by atoms with E-state index in [4.69, 9.17) is 32.7 Å². The van der Waals surface area contributed by atoms with E-state index in [1.165, 1.54) is 26.4 Å². The molecular formula is C32H31Cl2N5O5. The molecule has 0 saturated heterocycles. The third-order valence-electron chi connectivity index (χ3n) is 6.83. The molecule has 0 aliphatic rings. The Hall–Kier alpha value is -4.80. The number of fused-ring (bicyclic) bond motifs is 1. The Kier molecular flexibility index (Phi) is 10.3. The fraction of sp³-hybridized carbons (Fsp3) is 0.188. The van der Waals surface area contributed by atoms with Crippen LogP contribution in [0.15, 0.2) is 72.7 Å². The van der Waals surface area contributed by atoms with E-state index < -0.39 is 0 Å². The van der Waals surface area contributed by atoms with Gasteiger partial charge in [0.15, 0.2) is 0 Å². The van der Waals surface area contributed by atoms with Crippen molar-refractivity contribution in [3.63, 3.8) is 0 Å². The van der Waals surface area contributed by atoms with Crippen molar-refractivity contribution in [2.45, 2.75) is 19.9 Å². The van der Waals surface area contributed by atoms with Crippen molar-refractivity contribution in [2.75, 3.05) is 31.4 Å². The fourth-order valence-electron chi connectivity index (χ4n) is 4.63. The number of benzene rings is 2. The van der Waals surface area contributed by atoms with Crippen molar-refractivity contribution >= 4 is 63.1 Å². The maximum Gasteiger partial charge on any atom is 0.259 e. The lowest BCUT2D eigenvalue weighted by molar-refractivity contribution is -0.116. The maximum absolute atomic E-state index is 14.2. The van der Waals surface area contributed by atoms with E-state index in [1.807, 2.05) is 19.1 Å². The largest absolute Gasteiger partial charge is 0.495 e. The highest BCUT2D eigenvalue weighted by molar-refractivity contribution is 6.41. The van der Waals surface area contributed by atoms with Gasteiger partial charge in [0.1, 0.15) is 17.3 Å². The van der Waals surface area contributed by atoms with Crippen molar-refractivity contribution in [1.29, 1.82) is 0 Å². The average Bonchev–Trinajstić information content (AvgIpc) is 3.02. The Morgan fingerprint density at radius 1 is 1.02 bits per heavy atom. The van der Waals surface area contributed by atoms with Crippen molar-refractivity contribution in [2.24, 2.45) is 0 Å². The molecule has 0 spiro atoms. The van der Waals surface area contributed by atoms with E-state index in [-0.39, 0.29) is 56.6 Å². The highest BCUT2D eigenvalue weighted by atomic mass is 35.5. The third kappa shape index (κ3) is 6.72. The van der Waals surface area contributed by atoms with Crippen LogP contribution >= 0.6 is 23.2 Å². The van der Waals surface area contributed by atoms with Gasteiger partial charge in [-0.15, -0.1) is 0 Å². The first-order valence-electron chi connectivity index (χ1n) is 13.5. The lowest BCUT2D eigenvalue weighted by atomic mass is 10.0. The van der Waals surface area contributed by atoms with Gasteiger partial charge in [0.2, 0.25) is 11.8 Å². The second-order valence-electron chi connectivity index (χ2n) is 9.59. The van der Waals surface area contributed by atoms with E-state index in [1.54, 1.807) is 35.0 Å². The molecular weight excluding hydrogens is 605 g/mol. The molecule has 2 heterocycles. The number of methoxy groups -OCH3 is 2. The van der Waals surface area contributed by atoms with Gasteiger partial charge in [-0.05, 0) is 43.2 Å². The Labute approximate surface area is 264 Å². The number of halogens is 2. The van der Waals surface area contributed by atoms with Crippen molar-refractivity contribution < 1.29 is 19.1 Å². The van der Waals surface area contributed by atoms with Crippen LogP contribution in [0.25, 0.3) is 22.0 Å². The fourth-order valence-corrected chi connectivity index (χ4v) is 5.34. The number of amides is 2. The third-order valence-corrected chi connectivity index (χ3v) is 7.58. The SMILES string of the molecule is C=CC(=O)NCCCn1c(=O)c(-c2c(Cl)c(OC)cc(OC)c2Cl)cc2cnc(Nc3c(C)cccc3NC(=O)C=C)cc21. The van der Waals surface area contributed by atoms with Crippen LogP contribution in [0.3, 0.4) is 0 Å². The molecule has 0 atom stereocenters. The van der Waals surface area contributed by atoms with Gasteiger partial charge in [-0.2, -0.15) is 0 Å². The number of rotatable bonds is 12. The molecule has 4 rings (SSSR count). The molecule has 0 aliphatic heterocycles. The number of anilines is 3. The number of aromatic nitrogens is 2. The molecule has 2 aromatic heterocycles. The predicted octanol–water partition coefficient (Wildman–Crippen LogP) is 6.26. The van der Waals surface area contributed by atoms with Gasteiger partial charge >= 0.3 is 0 Å². The van der Waals surface area contributed by atoms with E-state index in [2.05, 4.69) is 34.1 Å². The molecule has 0 radical (unpaired) electrons. The Bertz CT molecular complexity index is 1810. The molecule has 2 amide bonds. The van der Waals surface area contributed by atoms with Crippen LogP contribution < -0.4 is 31.0 Å². The molecule has 2 aromatic carbocycles. The van der Waals surface area contributed by atoms with Gasteiger partial charge in [-0.25, -0.2) is 4.98 Å². The van der Waals surface area contributed by atoms with E-state index in [0.717, 1.165) is 5.56 Å². The average molecular weight is 637 g/mol. The van der Waals surface area contributed by atoms with Crippen molar-refractivity contribution in [1.82, 2.24) is 14.9 Å². The molecule has 228 valence electrons. The molecule has 0 fully saturated rings. The first-order chi connectivity index (χ1) is 21.1. The van der Waals surface area contributed by atoms with Crippen LogP contribution in [-0.2, 0) is 16.1 Å². The van der Waals surface area contributed by atoms with Gasteiger partial charge < -0.3 is 30.0 Å². The highest BCUT2D eigenvalue weighted by Crippen LogP contribution is 2.45. The zero-order chi connectivity index (χ0) is 32.0. The minimum absolute atomic E-state index is 0.152. The summed E-state index contributed by atoms with van der Waals surface area (Å²) in [5.41, 5.74) is 2.70. The molecule has 4 aromatic rings. The summed E-state index contributed by atoms with van der Waals surface area (Å²) in [6.45, 7) is 9.42. The molecule has 44 heavy (non-hydrogen) atoms. The first-order valence-corrected chi connectivity index (χ1v) is 14.2. The summed E-state index contributed by atoms with van der Waals surface area (Å²) in [6.07, 6.45) is 4.42. The molecule has 0 bridgehead atoms. The summed E-state index contributed by atoms with van der Waals surface area (Å²) in [6, 6.07) is 10.4. The van der Waals surface area contributed by atoms with E-state index in [9.17, 15) is 14.4 Å². The van der Waals surface area contributed by atoms with Gasteiger partial charge in [0, 0.05) is 42.4 Å². The molecule has 10 nitrogen and oxygen atoms in total. The van der Waals surface area contributed by atoms with Crippen LogP contribution in [0.2, 0.25) is 10.0 Å². The predicted molar refractivity (Wildman–Crippen MR) is 176 cm³/mol. The quantitative estimate of drug-likeness (QED) is 0.124. The second-order valence-corrected chi connectivity index (χ2v) is 10.3.